The summed E-state index contributed by atoms with van der Waals surface area (Å²) in [6.45, 7) is 1.74. The molecule has 144 valence electrons. The second kappa shape index (κ2) is 9.18. The number of nitrogens with one attached hydrogen (secondary N) is 2. The van der Waals surface area contributed by atoms with Crippen LogP contribution in [0.1, 0.15) is 29.3 Å². The van der Waals surface area contributed by atoms with Crippen molar-refractivity contribution in [2.45, 2.75) is 25.8 Å². The summed E-state index contributed by atoms with van der Waals surface area (Å²) in [6.07, 6.45) is 0.549. The highest BCUT2D eigenvalue weighted by molar-refractivity contribution is 7.92. The van der Waals surface area contributed by atoms with Crippen LogP contribution in [0.4, 0.5) is 5.69 Å². The van der Waals surface area contributed by atoms with Crippen molar-refractivity contribution in [3.8, 4) is 0 Å². The van der Waals surface area contributed by atoms with Crippen molar-refractivity contribution in [2.75, 3.05) is 10.5 Å². The fourth-order valence-corrected chi connectivity index (χ4v) is 3.70. The van der Waals surface area contributed by atoms with Crippen LogP contribution >= 0.6 is 0 Å². The highest BCUT2D eigenvalue weighted by Crippen LogP contribution is 2.17. The van der Waals surface area contributed by atoms with Gasteiger partial charge >= 0.3 is 5.97 Å². The summed E-state index contributed by atoms with van der Waals surface area (Å²) in [4.78, 5) is 24.1. The number of carboxylic acid groups (broad SMARTS) is 1. The van der Waals surface area contributed by atoms with E-state index in [1.807, 2.05) is 6.07 Å². The van der Waals surface area contributed by atoms with Crippen molar-refractivity contribution in [1.82, 2.24) is 5.32 Å². The summed E-state index contributed by atoms with van der Waals surface area (Å²) < 4.78 is 26.4. The highest BCUT2D eigenvalue weighted by Gasteiger charge is 2.23. The second-order valence-electron chi connectivity index (χ2n) is 6.02. The smallest absolute Gasteiger partial charge is 0.326 e. The summed E-state index contributed by atoms with van der Waals surface area (Å²) in [7, 11) is -3.58. The molecular formula is C19H22N2O5S. The van der Waals surface area contributed by atoms with Crippen molar-refractivity contribution in [1.29, 1.82) is 0 Å². The molecule has 0 spiro atoms. The Bertz CT molecular complexity index is 897. The fraction of sp³-hybridized carbons (Fsp3) is 0.263. The molecule has 2 rings (SSSR count). The van der Waals surface area contributed by atoms with Crippen LogP contribution in [0.25, 0.3) is 0 Å². The largest absolute Gasteiger partial charge is 0.480 e. The van der Waals surface area contributed by atoms with E-state index in [4.69, 9.17) is 0 Å². The van der Waals surface area contributed by atoms with Crippen molar-refractivity contribution in [2.24, 2.45) is 0 Å². The minimum absolute atomic E-state index is 0.0662. The summed E-state index contributed by atoms with van der Waals surface area (Å²) in [6, 6.07) is 13.9. The monoisotopic (exact) mass is 390 g/mol. The molecule has 2 aromatic rings. The zero-order valence-electron chi connectivity index (χ0n) is 14.9. The number of aliphatic carboxylic acids is 1. The van der Waals surface area contributed by atoms with Crippen molar-refractivity contribution < 1.29 is 23.1 Å². The average molecular weight is 390 g/mol. The second-order valence-corrected chi connectivity index (χ2v) is 7.86. The Balaban J connectivity index is 2.20. The molecule has 0 saturated carbocycles. The summed E-state index contributed by atoms with van der Waals surface area (Å²) >= 11 is 0. The summed E-state index contributed by atoms with van der Waals surface area (Å²) in [5.41, 5.74) is 0.950. The van der Waals surface area contributed by atoms with Crippen molar-refractivity contribution >= 4 is 27.6 Å². The first kappa shape index (κ1) is 20.4. The number of rotatable bonds is 9. The Morgan fingerprint density at radius 3 is 2.30 bits per heavy atom. The first-order valence-corrected chi connectivity index (χ1v) is 10.1. The summed E-state index contributed by atoms with van der Waals surface area (Å²) in [5, 5.41) is 11.9. The number of carboxylic acids is 1. The van der Waals surface area contributed by atoms with Crippen LogP contribution in [-0.2, 0) is 21.2 Å². The quantitative estimate of drug-likeness (QED) is 0.608. The molecule has 0 aliphatic rings. The first-order valence-electron chi connectivity index (χ1n) is 8.49. The Morgan fingerprint density at radius 2 is 1.67 bits per heavy atom. The van der Waals surface area contributed by atoms with Crippen molar-refractivity contribution in [3.05, 3.63) is 65.7 Å². The van der Waals surface area contributed by atoms with E-state index < -0.39 is 27.9 Å². The van der Waals surface area contributed by atoms with E-state index in [9.17, 15) is 23.1 Å². The molecule has 27 heavy (non-hydrogen) atoms. The average Bonchev–Trinajstić information content (AvgIpc) is 2.62. The third kappa shape index (κ3) is 6.10. The van der Waals surface area contributed by atoms with E-state index in [0.29, 0.717) is 6.42 Å². The molecule has 0 heterocycles. The lowest BCUT2D eigenvalue weighted by Crippen LogP contribution is -2.42. The number of carbonyl (C=O) groups is 2. The normalized spacial score (nSPS) is 12.2. The predicted octanol–water partition coefficient (Wildman–Crippen LogP) is 2.26. The lowest BCUT2D eigenvalue weighted by Gasteiger charge is -2.17. The number of sulfonamides is 1. The lowest BCUT2D eigenvalue weighted by molar-refractivity contribution is -0.139. The van der Waals surface area contributed by atoms with Crippen LogP contribution in [0.15, 0.2) is 54.6 Å². The molecule has 1 atom stereocenters. The number of hydrogen-bond acceptors (Lipinski definition) is 4. The maximum Gasteiger partial charge on any atom is 0.326 e. The van der Waals surface area contributed by atoms with Gasteiger partial charge in [-0.05, 0) is 24.1 Å². The van der Waals surface area contributed by atoms with E-state index in [1.54, 1.807) is 43.3 Å². The predicted molar refractivity (Wildman–Crippen MR) is 103 cm³/mol. The van der Waals surface area contributed by atoms with Gasteiger partial charge in [0.05, 0.1) is 17.0 Å². The molecule has 0 fully saturated rings. The Morgan fingerprint density at radius 1 is 1.04 bits per heavy atom. The zero-order chi connectivity index (χ0) is 19.9. The number of hydrogen-bond donors (Lipinski definition) is 3. The van der Waals surface area contributed by atoms with E-state index in [0.717, 1.165) is 5.56 Å². The van der Waals surface area contributed by atoms with E-state index in [-0.39, 0.29) is 23.4 Å². The van der Waals surface area contributed by atoms with Crippen LogP contribution < -0.4 is 10.0 Å². The van der Waals surface area contributed by atoms with Gasteiger partial charge in [0.15, 0.2) is 0 Å². The minimum Gasteiger partial charge on any atom is -0.480 e. The van der Waals surface area contributed by atoms with Gasteiger partial charge in [-0.3, -0.25) is 9.52 Å². The number of para-hydroxylation sites is 1. The van der Waals surface area contributed by atoms with Crippen molar-refractivity contribution in [3.63, 3.8) is 0 Å². The zero-order valence-corrected chi connectivity index (χ0v) is 15.7. The third-order valence-electron chi connectivity index (χ3n) is 3.80. The van der Waals surface area contributed by atoms with E-state index >= 15 is 0 Å². The molecule has 7 nitrogen and oxygen atoms in total. The molecular weight excluding hydrogens is 368 g/mol. The standard InChI is InChI=1S/C19H22N2O5S/c1-2-12-27(25,26)21-16-11-7-6-10-15(16)18(22)20-17(19(23)24)13-14-8-4-3-5-9-14/h3-11,17,21H,2,12-13H2,1H3,(H,20,22)(H,23,24). The van der Waals surface area contributed by atoms with Crippen LogP contribution in [-0.4, -0.2) is 37.2 Å². The van der Waals surface area contributed by atoms with E-state index in [1.165, 1.54) is 12.1 Å². The molecule has 2 aromatic carbocycles. The molecule has 0 aliphatic heterocycles. The molecule has 0 saturated heterocycles. The molecule has 0 radical (unpaired) electrons. The maximum atomic E-state index is 12.6. The number of amides is 1. The molecule has 3 N–H and O–H groups in total. The molecule has 0 bridgehead atoms. The number of benzene rings is 2. The third-order valence-corrected chi connectivity index (χ3v) is 5.27. The van der Waals surface area contributed by atoms with Crippen LogP contribution in [0.5, 0.6) is 0 Å². The molecule has 0 aromatic heterocycles. The summed E-state index contributed by atoms with van der Waals surface area (Å²) in [5.74, 6) is -1.90. The topological polar surface area (TPSA) is 113 Å². The van der Waals surface area contributed by atoms with Gasteiger partial charge in [0.1, 0.15) is 6.04 Å². The van der Waals surface area contributed by atoms with Gasteiger partial charge in [-0.15, -0.1) is 0 Å². The highest BCUT2D eigenvalue weighted by atomic mass is 32.2. The van der Waals surface area contributed by atoms with Gasteiger partial charge in [0, 0.05) is 6.42 Å². The van der Waals surface area contributed by atoms with Gasteiger partial charge in [-0.2, -0.15) is 0 Å². The van der Waals surface area contributed by atoms with Gasteiger partial charge in [0.2, 0.25) is 10.0 Å². The maximum absolute atomic E-state index is 12.6. The minimum atomic E-state index is -3.58. The van der Waals surface area contributed by atoms with Gasteiger partial charge in [0.25, 0.3) is 5.91 Å². The van der Waals surface area contributed by atoms with Crippen LogP contribution in [0.2, 0.25) is 0 Å². The Kier molecular flexibility index (Phi) is 6.95. The molecule has 0 aliphatic carbocycles. The Labute approximate surface area is 158 Å². The molecule has 1 unspecified atom stereocenters. The first-order chi connectivity index (χ1) is 12.8. The SMILES string of the molecule is CCCS(=O)(=O)Nc1ccccc1C(=O)NC(Cc1ccccc1)C(=O)O. The fourth-order valence-electron chi connectivity index (χ4n) is 2.54. The van der Waals surface area contributed by atoms with E-state index in [2.05, 4.69) is 10.0 Å². The van der Waals surface area contributed by atoms with Gasteiger partial charge in [-0.25, -0.2) is 13.2 Å². The number of carbonyl (C=O) groups excluding carboxylic acids is 1. The van der Waals surface area contributed by atoms with Gasteiger partial charge in [-0.1, -0.05) is 49.4 Å². The van der Waals surface area contributed by atoms with Crippen LogP contribution in [0.3, 0.4) is 0 Å². The van der Waals surface area contributed by atoms with Crippen LogP contribution in [0, 0.1) is 0 Å². The molecule has 8 heteroatoms. The van der Waals surface area contributed by atoms with Gasteiger partial charge < -0.3 is 10.4 Å². The molecule has 1 amide bonds. The number of anilines is 1. The lowest BCUT2D eigenvalue weighted by atomic mass is 10.1. The Hall–Kier alpha value is -2.87.